The molecule has 0 bridgehead atoms. The SMILES string of the molecule is CS(=O)c1ccc(Nc2nc3cccc(-c4ccc(CC(=O)N5CCOCC5)cc4)c3o2)cc1. The molecule has 5 rings (SSSR count). The minimum absolute atomic E-state index is 0.127. The normalized spacial score (nSPS) is 14.8. The van der Waals surface area contributed by atoms with E-state index >= 15 is 0 Å². The van der Waals surface area contributed by atoms with Crippen LogP contribution in [0, 0.1) is 0 Å². The summed E-state index contributed by atoms with van der Waals surface area (Å²) in [6, 6.07) is 21.6. The summed E-state index contributed by atoms with van der Waals surface area (Å²) < 4.78 is 23.0. The Bertz CT molecular complexity index is 1330. The molecule has 0 radical (unpaired) electrons. The van der Waals surface area contributed by atoms with Gasteiger partial charge in [0.25, 0.3) is 6.01 Å². The number of hydrogen-bond donors (Lipinski definition) is 1. The number of benzene rings is 3. The van der Waals surface area contributed by atoms with E-state index in [0.29, 0.717) is 44.3 Å². The van der Waals surface area contributed by atoms with Crippen LogP contribution in [0.2, 0.25) is 0 Å². The zero-order valence-electron chi connectivity index (χ0n) is 18.8. The number of ether oxygens (including phenoxy) is 1. The molecule has 174 valence electrons. The van der Waals surface area contributed by atoms with Gasteiger partial charge in [-0.1, -0.05) is 36.4 Å². The van der Waals surface area contributed by atoms with Crippen molar-refractivity contribution in [2.24, 2.45) is 0 Å². The van der Waals surface area contributed by atoms with E-state index in [-0.39, 0.29) is 5.91 Å². The van der Waals surface area contributed by atoms with Crippen molar-refractivity contribution in [3.05, 3.63) is 72.3 Å². The van der Waals surface area contributed by atoms with Crippen molar-refractivity contribution < 1.29 is 18.2 Å². The molecule has 2 heterocycles. The third-order valence-corrected chi connectivity index (χ3v) is 6.77. The molecule has 8 heteroatoms. The number of morpholine rings is 1. The molecule has 1 aliphatic rings. The molecule has 1 fully saturated rings. The van der Waals surface area contributed by atoms with Crippen LogP contribution < -0.4 is 5.32 Å². The van der Waals surface area contributed by atoms with Crippen molar-refractivity contribution in [1.29, 1.82) is 0 Å². The summed E-state index contributed by atoms with van der Waals surface area (Å²) in [7, 11) is -1.02. The molecule has 34 heavy (non-hydrogen) atoms. The quantitative estimate of drug-likeness (QED) is 0.446. The van der Waals surface area contributed by atoms with Gasteiger partial charge >= 0.3 is 0 Å². The predicted octanol–water partition coefficient (Wildman–Crippen LogP) is 4.38. The van der Waals surface area contributed by atoms with E-state index < -0.39 is 10.8 Å². The van der Waals surface area contributed by atoms with Gasteiger partial charge < -0.3 is 19.4 Å². The van der Waals surface area contributed by atoms with Crippen LogP contribution in [-0.4, -0.2) is 52.6 Å². The molecule has 4 aromatic rings. The number of hydrogen-bond acceptors (Lipinski definition) is 6. The monoisotopic (exact) mass is 475 g/mol. The van der Waals surface area contributed by atoms with Gasteiger partial charge in [-0.3, -0.25) is 9.00 Å². The average Bonchev–Trinajstić information content (AvgIpc) is 3.28. The van der Waals surface area contributed by atoms with E-state index in [4.69, 9.17) is 9.15 Å². The summed E-state index contributed by atoms with van der Waals surface area (Å²) >= 11 is 0. The van der Waals surface area contributed by atoms with Gasteiger partial charge in [0.1, 0.15) is 5.52 Å². The molecule has 0 aliphatic carbocycles. The van der Waals surface area contributed by atoms with Crippen LogP contribution in [0.5, 0.6) is 0 Å². The van der Waals surface area contributed by atoms with Crippen LogP contribution in [0.25, 0.3) is 22.2 Å². The number of rotatable bonds is 6. The van der Waals surface area contributed by atoms with Crippen molar-refractivity contribution in [2.75, 3.05) is 37.9 Å². The lowest BCUT2D eigenvalue weighted by molar-refractivity contribution is -0.134. The standard InChI is InChI=1S/C26H25N3O4S/c1-34(31)21-11-9-20(10-12-21)27-26-28-23-4-2-3-22(25(23)33-26)19-7-5-18(6-8-19)17-24(30)29-13-15-32-16-14-29/h2-12H,13-17H2,1H3,(H,27,28). The molecule has 0 spiro atoms. The molecule has 1 aliphatic heterocycles. The summed E-state index contributed by atoms with van der Waals surface area (Å²) in [4.78, 5) is 19.7. The number of amides is 1. The highest BCUT2D eigenvalue weighted by Gasteiger charge is 2.17. The second-order valence-corrected chi connectivity index (χ2v) is 9.52. The molecule has 1 unspecified atom stereocenters. The molecule has 1 saturated heterocycles. The smallest absolute Gasteiger partial charge is 0.300 e. The maximum atomic E-state index is 12.5. The number of carbonyl (C=O) groups excluding carboxylic acids is 1. The van der Waals surface area contributed by atoms with E-state index in [1.54, 1.807) is 6.26 Å². The number of carbonyl (C=O) groups is 1. The second kappa shape index (κ2) is 9.79. The Morgan fingerprint density at radius 3 is 2.47 bits per heavy atom. The van der Waals surface area contributed by atoms with Crippen LogP contribution in [0.1, 0.15) is 5.56 Å². The van der Waals surface area contributed by atoms with Crippen LogP contribution in [0.3, 0.4) is 0 Å². The van der Waals surface area contributed by atoms with Crippen molar-refractivity contribution >= 4 is 39.5 Å². The third kappa shape index (κ3) is 4.88. The Morgan fingerprint density at radius 1 is 1.03 bits per heavy atom. The first kappa shape index (κ1) is 22.3. The number of anilines is 2. The fourth-order valence-electron chi connectivity index (χ4n) is 3.98. The minimum atomic E-state index is -1.02. The Kier molecular flexibility index (Phi) is 6.42. The molecular formula is C26H25N3O4S. The predicted molar refractivity (Wildman–Crippen MR) is 133 cm³/mol. The highest BCUT2D eigenvalue weighted by Crippen LogP contribution is 2.32. The zero-order valence-corrected chi connectivity index (χ0v) is 19.6. The van der Waals surface area contributed by atoms with Crippen molar-refractivity contribution in [1.82, 2.24) is 9.88 Å². The van der Waals surface area contributed by atoms with E-state index in [0.717, 1.165) is 32.8 Å². The van der Waals surface area contributed by atoms with Gasteiger partial charge in [0, 0.05) is 46.3 Å². The summed E-state index contributed by atoms with van der Waals surface area (Å²) in [5.41, 5.74) is 5.14. The summed E-state index contributed by atoms with van der Waals surface area (Å²) in [6.07, 6.45) is 2.03. The topological polar surface area (TPSA) is 84.7 Å². The van der Waals surface area contributed by atoms with E-state index in [1.807, 2.05) is 71.6 Å². The fraction of sp³-hybridized carbons (Fsp3) is 0.231. The molecule has 7 nitrogen and oxygen atoms in total. The average molecular weight is 476 g/mol. The van der Waals surface area contributed by atoms with Gasteiger partial charge in [-0.15, -0.1) is 0 Å². The van der Waals surface area contributed by atoms with Crippen LogP contribution in [0.4, 0.5) is 11.7 Å². The van der Waals surface area contributed by atoms with Gasteiger partial charge in [-0.2, -0.15) is 4.98 Å². The Labute approximate surface area is 200 Å². The maximum Gasteiger partial charge on any atom is 0.300 e. The lowest BCUT2D eigenvalue weighted by atomic mass is 10.0. The van der Waals surface area contributed by atoms with E-state index in [9.17, 15) is 9.00 Å². The molecule has 1 aromatic heterocycles. The maximum absolute atomic E-state index is 12.5. The van der Waals surface area contributed by atoms with E-state index in [1.165, 1.54) is 0 Å². The Hall–Kier alpha value is -3.49. The number of para-hydroxylation sites is 1. The number of oxazole rings is 1. The second-order valence-electron chi connectivity index (χ2n) is 8.14. The zero-order chi connectivity index (χ0) is 23.5. The molecule has 1 N–H and O–H groups in total. The first-order chi connectivity index (χ1) is 16.6. The number of aromatic nitrogens is 1. The van der Waals surface area contributed by atoms with Gasteiger partial charge in [0.2, 0.25) is 5.91 Å². The summed E-state index contributed by atoms with van der Waals surface area (Å²) in [6.45, 7) is 2.52. The van der Waals surface area contributed by atoms with Gasteiger partial charge in [0.15, 0.2) is 5.58 Å². The minimum Gasteiger partial charge on any atom is -0.423 e. The summed E-state index contributed by atoms with van der Waals surface area (Å²) in [5.74, 6) is 0.127. The van der Waals surface area contributed by atoms with Crippen molar-refractivity contribution in [2.45, 2.75) is 11.3 Å². The Morgan fingerprint density at radius 2 is 1.76 bits per heavy atom. The highest BCUT2D eigenvalue weighted by molar-refractivity contribution is 7.84. The molecule has 0 saturated carbocycles. The third-order valence-electron chi connectivity index (χ3n) is 5.84. The lowest BCUT2D eigenvalue weighted by Gasteiger charge is -2.26. The largest absolute Gasteiger partial charge is 0.423 e. The van der Waals surface area contributed by atoms with E-state index in [2.05, 4.69) is 10.3 Å². The van der Waals surface area contributed by atoms with Crippen molar-refractivity contribution in [3.63, 3.8) is 0 Å². The molecule has 3 aromatic carbocycles. The first-order valence-electron chi connectivity index (χ1n) is 11.1. The van der Waals surface area contributed by atoms with Crippen LogP contribution in [-0.2, 0) is 26.8 Å². The Balaban J connectivity index is 1.33. The molecule has 1 atom stereocenters. The van der Waals surface area contributed by atoms with Crippen LogP contribution >= 0.6 is 0 Å². The number of nitrogens with one attached hydrogen (secondary N) is 1. The number of fused-ring (bicyclic) bond motifs is 1. The fourth-order valence-corrected chi connectivity index (χ4v) is 4.50. The molecule has 1 amide bonds. The van der Waals surface area contributed by atoms with Crippen molar-refractivity contribution in [3.8, 4) is 11.1 Å². The van der Waals surface area contributed by atoms with Gasteiger partial charge in [-0.05, 0) is 41.5 Å². The molecular weight excluding hydrogens is 450 g/mol. The first-order valence-corrected chi connectivity index (χ1v) is 12.7. The lowest BCUT2D eigenvalue weighted by Crippen LogP contribution is -2.41. The van der Waals surface area contributed by atoms with Gasteiger partial charge in [0.05, 0.1) is 19.6 Å². The number of nitrogens with zero attached hydrogens (tertiary/aromatic N) is 2. The summed E-state index contributed by atoms with van der Waals surface area (Å²) in [5, 5.41) is 3.17. The van der Waals surface area contributed by atoms with Gasteiger partial charge in [-0.25, -0.2) is 0 Å². The highest BCUT2D eigenvalue weighted by atomic mass is 32.2. The van der Waals surface area contributed by atoms with Crippen LogP contribution in [0.15, 0.2) is 76.0 Å².